The smallest absolute Gasteiger partial charge is 0.255 e. The molecule has 0 bridgehead atoms. The zero-order chi connectivity index (χ0) is 31.5. The summed E-state index contributed by atoms with van der Waals surface area (Å²) in [7, 11) is -2.20. The molecule has 0 spiro atoms. The van der Waals surface area contributed by atoms with Crippen molar-refractivity contribution in [2.45, 2.75) is 65.0 Å². The molecule has 1 saturated heterocycles. The summed E-state index contributed by atoms with van der Waals surface area (Å²) >= 11 is 0. The van der Waals surface area contributed by atoms with Crippen molar-refractivity contribution in [2.24, 2.45) is 10.3 Å². The first-order chi connectivity index (χ1) is 20.2. The maximum Gasteiger partial charge on any atom is 0.255 e. The maximum atomic E-state index is 13.5. The van der Waals surface area contributed by atoms with Crippen molar-refractivity contribution in [3.05, 3.63) is 47.0 Å². The summed E-state index contributed by atoms with van der Waals surface area (Å²) in [4.78, 5) is 28.8. The first kappa shape index (κ1) is 32.2. The van der Waals surface area contributed by atoms with Crippen LogP contribution in [0.4, 0.5) is 17.1 Å². The second-order valence-corrected chi connectivity index (χ2v) is 13.9. The number of aryl methyl sites for hydroxylation is 1. The van der Waals surface area contributed by atoms with Crippen LogP contribution in [-0.2, 0) is 20.2 Å². The minimum absolute atomic E-state index is 0.162. The maximum absolute atomic E-state index is 13.5. The second kappa shape index (κ2) is 12.9. The summed E-state index contributed by atoms with van der Waals surface area (Å²) in [6.07, 6.45) is 3.27. The molecule has 0 saturated carbocycles. The highest BCUT2D eigenvalue weighted by Gasteiger charge is 2.30. The van der Waals surface area contributed by atoms with Crippen molar-refractivity contribution in [1.29, 1.82) is 0 Å². The predicted octanol–water partition coefficient (Wildman–Crippen LogP) is 4.08. The average molecular weight is 614 g/mol. The molecule has 4 rings (SSSR count). The molecule has 2 amide bonds. The molecule has 12 nitrogen and oxygen atoms in total. The van der Waals surface area contributed by atoms with Gasteiger partial charge in [-0.1, -0.05) is 39.0 Å². The Morgan fingerprint density at radius 2 is 1.86 bits per heavy atom. The van der Waals surface area contributed by atoms with Gasteiger partial charge in [0.2, 0.25) is 15.9 Å². The molecule has 2 aromatic rings. The number of benzene rings is 2. The Labute approximate surface area is 254 Å². The van der Waals surface area contributed by atoms with Crippen LogP contribution < -0.4 is 25.1 Å². The number of sulfonamides is 1. The monoisotopic (exact) mass is 613 g/mol. The van der Waals surface area contributed by atoms with Crippen molar-refractivity contribution in [3.8, 4) is 5.75 Å². The van der Waals surface area contributed by atoms with Gasteiger partial charge < -0.3 is 15.4 Å². The molecule has 3 N–H and O–H groups in total. The molecule has 234 valence electrons. The van der Waals surface area contributed by atoms with E-state index in [0.29, 0.717) is 29.5 Å². The first-order valence-electron chi connectivity index (χ1n) is 14.5. The third-order valence-corrected chi connectivity index (χ3v) is 8.41. The van der Waals surface area contributed by atoms with Crippen molar-refractivity contribution >= 4 is 38.9 Å². The number of nitrogens with one attached hydrogen (secondary N) is 3. The number of likely N-dealkylation sites (tertiary alicyclic amines) is 1. The van der Waals surface area contributed by atoms with Gasteiger partial charge in [-0.3, -0.25) is 19.2 Å². The molecule has 1 fully saturated rings. The fourth-order valence-corrected chi connectivity index (χ4v) is 5.95. The molecular weight excluding hydrogens is 570 g/mol. The normalized spacial score (nSPS) is 19.0. The Balaban J connectivity index is 1.51. The van der Waals surface area contributed by atoms with E-state index in [1.165, 1.54) is 7.11 Å². The van der Waals surface area contributed by atoms with Crippen LogP contribution in [0, 0.1) is 6.92 Å². The van der Waals surface area contributed by atoms with Gasteiger partial charge in [-0.25, -0.2) is 13.4 Å². The van der Waals surface area contributed by atoms with Crippen molar-refractivity contribution in [1.82, 2.24) is 10.2 Å². The molecule has 13 heteroatoms. The highest BCUT2D eigenvalue weighted by atomic mass is 32.2. The molecule has 0 radical (unpaired) electrons. The Hall–Kier alpha value is -3.71. The van der Waals surface area contributed by atoms with Gasteiger partial charge in [-0.15, -0.1) is 0 Å². The SMILES string of the molecule is CCN1CCC[C@@H]1CNC(=O)C1CN(c2cc(C(=O)Nc3cc(C(C)(C)C)cc(NS(C)(=O)=O)c3OC)ccc2C)N=N1. The summed E-state index contributed by atoms with van der Waals surface area (Å²) < 4.78 is 32.2. The van der Waals surface area contributed by atoms with Crippen LogP contribution in [0.5, 0.6) is 5.75 Å². The third kappa shape index (κ3) is 7.82. The van der Waals surface area contributed by atoms with Crippen molar-refractivity contribution < 1.29 is 22.7 Å². The summed E-state index contributed by atoms with van der Waals surface area (Å²) in [5.74, 6) is -0.385. The van der Waals surface area contributed by atoms with Crippen LogP contribution >= 0.6 is 0 Å². The number of hydrogen-bond acceptors (Lipinski definition) is 9. The number of carbonyl (C=O) groups is 2. The lowest BCUT2D eigenvalue weighted by Crippen LogP contribution is -2.44. The topological polar surface area (TPSA) is 145 Å². The fourth-order valence-electron chi connectivity index (χ4n) is 5.40. The fraction of sp³-hybridized carbons (Fsp3) is 0.533. The van der Waals surface area contributed by atoms with E-state index in [-0.39, 0.29) is 29.3 Å². The van der Waals surface area contributed by atoms with Gasteiger partial charge in [0.1, 0.15) is 0 Å². The van der Waals surface area contributed by atoms with Crippen LogP contribution in [-0.4, -0.2) is 76.8 Å². The molecule has 2 heterocycles. The number of amides is 2. The highest BCUT2D eigenvalue weighted by molar-refractivity contribution is 7.92. The molecular formula is C30H43N7O5S. The van der Waals surface area contributed by atoms with E-state index in [0.717, 1.165) is 43.3 Å². The van der Waals surface area contributed by atoms with Gasteiger partial charge in [0.05, 0.1) is 37.0 Å². The van der Waals surface area contributed by atoms with Gasteiger partial charge in [0, 0.05) is 18.2 Å². The Morgan fingerprint density at radius 1 is 1.14 bits per heavy atom. The molecule has 2 atom stereocenters. The number of hydrogen-bond donors (Lipinski definition) is 3. The standard InChI is InChI=1S/C30H43N7O5S/c1-8-36-13-9-10-22(36)17-31-29(39)25-18-37(35-33-25)26-14-20(12-11-19(26)2)28(38)32-23-15-21(30(3,4)5)16-24(27(23)42-6)34-43(7,40)41/h11-12,14-16,22,25,34H,8-10,13,17-18H2,1-7H3,(H,31,39)(H,32,38)/t22-,25?/m1/s1. The lowest BCUT2D eigenvalue weighted by molar-refractivity contribution is -0.122. The predicted molar refractivity (Wildman–Crippen MR) is 169 cm³/mol. The zero-order valence-corrected chi connectivity index (χ0v) is 26.8. The average Bonchev–Trinajstić information content (AvgIpc) is 3.60. The van der Waals surface area contributed by atoms with Crippen LogP contribution in [0.2, 0.25) is 0 Å². The van der Waals surface area contributed by atoms with Crippen LogP contribution in [0.15, 0.2) is 40.7 Å². The van der Waals surface area contributed by atoms with Gasteiger partial charge in [0.15, 0.2) is 11.8 Å². The zero-order valence-electron chi connectivity index (χ0n) is 26.0. The van der Waals surface area contributed by atoms with Gasteiger partial charge in [0.25, 0.3) is 5.91 Å². The second-order valence-electron chi connectivity index (χ2n) is 12.2. The molecule has 0 aromatic heterocycles. The summed E-state index contributed by atoms with van der Waals surface area (Å²) in [5.41, 5.74) is 2.90. The summed E-state index contributed by atoms with van der Waals surface area (Å²) in [6.45, 7) is 12.9. The molecule has 0 aliphatic carbocycles. The third-order valence-electron chi connectivity index (χ3n) is 7.82. The molecule has 2 aromatic carbocycles. The van der Waals surface area contributed by atoms with Crippen LogP contribution in [0.3, 0.4) is 0 Å². The van der Waals surface area contributed by atoms with Gasteiger partial charge in [-0.2, -0.15) is 5.11 Å². The van der Waals surface area contributed by atoms with E-state index in [1.54, 1.807) is 29.3 Å². The van der Waals surface area contributed by atoms with E-state index in [9.17, 15) is 18.0 Å². The van der Waals surface area contributed by atoms with E-state index in [1.807, 2.05) is 33.8 Å². The van der Waals surface area contributed by atoms with E-state index >= 15 is 0 Å². The first-order valence-corrected chi connectivity index (χ1v) is 16.4. The Morgan fingerprint density at radius 3 is 2.51 bits per heavy atom. The van der Waals surface area contributed by atoms with Crippen molar-refractivity contribution in [2.75, 3.05) is 54.6 Å². The molecule has 2 aliphatic rings. The number of ether oxygens (including phenoxy) is 1. The molecule has 43 heavy (non-hydrogen) atoms. The van der Waals surface area contributed by atoms with E-state index in [4.69, 9.17) is 4.74 Å². The number of likely N-dealkylation sites (N-methyl/N-ethyl adjacent to an activating group) is 1. The number of rotatable bonds is 10. The number of methoxy groups -OCH3 is 1. The van der Waals surface area contributed by atoms with Gasteiger partial charge >= 0.3 is 0 Å². The van der Waals surface area contributed by atoms with E-state index in [2.05, 4.69) is 37.5 Å². The number of nitrogens with zero attached hydrogens (tertiary/aromatic N) is 4. The lowest BCUT2D eigenvalue weighted by atomic mass is 9.86. The quantitative estimate of drug-likeness (QED) is 0.366. The summed E-state index contributed by atoms with van der Waals surface area (Å²) in [6, 6.07) is 8.41. The van der Waals surface area contributed by atoms with Crippen LogP contribution in [0.25, 0.3) is 0 Å². The van der Waals surface area contributed by atoms with Gasteiger partial charge in [-0.05, 0) is 73.7 Å². The molecule has 1 unspecified atom stereocenters. The Bertz CT molecular complexity index is 1500. The van der Waals surface area contributed by atoms with Crippen LogP contribution in [0.1, 0.15) is 62.0 Å². The largest absolute Gasteiger partial charge is 0.492 e. The highest BCUT2D eigenvalue weighted by Crippen LogP contribution is 2.39. The minimum Gasteiger partial charge on any atom is -0.492 e. The number of anilines is 3. The van der Waals surface area contributed by atoms with E-state index < -0.39 is 22.0 Å². The lowest BCUT2D eigenvalue weighted by Gasteiger charge is -2.24. The van der Waals surface area contributed by atoms with Crippen molar-refractivity contribution in [3.63, 3.8) is 0 Å². The number of carbonyl (C=O) groups excluding carboxylic acids is 2. The minimum atomic E-state index is -3.61. The molecule has 2 aliphatic heterocycles. The Kier molecular flexibility index (Phi) is 9.65. The summed E-state index contributed by atoms with van der Waals surface area (Å²) in [5, 5.41) is 16.0.